The first-order chi connectivity index (χ1) is 20.0. The Kier molecular flexibility index (Phi) is 6.55. The number of nitrogens with one attached hydrogen (secondary N) is 2. The Morgan fingerprint density at radius 2 is 1.78 bits per heavy atom. The lowest BCUT2D eigenvalue weighted by molar-refractivity contribution is 0.0940. The first-order valence-electron chi connectivity index (χ1n) is 12.7. The molecule has 0 saturated heterocycles. The molecule has 11 nitrogen and oxygen atoms in total. The Labute approximate surface area is 233 Å². The van der Waals surface area contributed by atoms with Crippen molar-refractivity contribution in [1.82, 2.24) is 34.6 Å². The fourth-order valence-electron chi connectivity index (χ4n) is 4.42. The number of para-hydroxylation sites is 1. The highest BCUT2D eigenvalue weighted by molar-refractivity contribution is 6.04. The second-order valence-corrected chi connectivity index (χ2v) is 9.12. The van der Waals surface area contributed by atoms with Crippen LogP contribution in [0.2, 0.25) is 0 Å². The number of hydrogen-bond acceptors (Lipinski definition) is 8. The monoisotopic (exact) mass is 541 g/mol. The maximum Gasteiger partial charge on any atom is 0.281 e. The lowest BCUT2D eigenvalue weighted by Crippen LogP contribution is -2.37. The first kappa shape index (κ1) is 25.3. The quantitative estimate of drug-likeness (QED) is 0.282. The van der Waals surface area contributed by atoms with Gasteiger partial charge in [-0.15, -0.1) is 5.10 Å². The number of benzene rings is 2. The molecule has 0 saturated carbocycles. The molecule has 1 amide bonds. The summed E-state index contributed by atoms with van der Waals surface area (Å²) >= 11 is 0. The van der Waals surface area contributed by atoms with Gasteiger partial charge in [0, 0.05) is 35.9 Å². The molecule has 6 aromatic rings. The summed E-state index contributed by atoms with van der Waals surface area (Å²) in [5.41, 5.74) is 11.7. The van der Waals surface area contributed by atoms with Crippen molar-refractivity contribution in [3.63, 3.8) is 0 Å². The van der Waals surface area contributed by atoms with Crippen molar-refractivity contribution in [2.45, 2.75) is 13.0 Å². The summed E-state index contributed by atoms with van der Waals surface area (Å²) in [4.78, 5) is 40.5. The third kappa shape index (κ3) is 4.93. The number of nitrogens with two attached hydrogens (primary N) is 1. The van der Waals surface area contributed by atoms with E-state index < -0.39 is 11.9 Å². The van der Waals surface area contributed by atoms with Crippen LogP contribution in [0.3, 0.4) is 0 Å². The van der Waals surface area contributed by atoms with Gasteiger partial charge in [-0.2, -0.15) is 0 Å². The van der Waals surface area contributed by atoms with Crippen molar-refractivity contribution in [2.24, 2.45) is 0 Å². The van der Waals surface area contributed by atoms with Gasteiger partial charge in [-0.05, 0) is 49.4 Å². The van der Waals surface area contributed by atoms with E-state index in [0.29, 0.717) is 27.8 Å². The van der Waals surface area contributed by atoms with Gasteiger partial charge in [0.1, 0.15) is 5.56 Å². The van der Waals surface area contributed by atoms with Gasteiger partial charge in [0.05, 0.1) is 22.6 Å². The molecule has 0 aliphatic carbocycles. The molecule has 6 rings (SSSR count). The van der Waals surface area contributed by atoms with E-state index >= 15 is 0 Å². The topological polar surface area (TPSA) is 145 Å². The van der Waals surface area contributed by atoms with Crippen LogP contribution in [-0.2, 0) is 0 Å². The van der Waals surface area contributed by atoms with Crippen LogP contribution < -0.4 is 22.0 Å². The minimum atomic E-state index is -0.722. The van der Waals surface area contributed by atoms with Gasteiger partial charge in [-0.1, -0.05) is 36.1 Å². The summed E-state index contributed by atoms with van der Waals surface area (Å²) in [6.07, 6.45) is 6.52. The number of carbonyl (C=O) groups is 1. The normalized spacial score (nSPS) is 11.5. The van der Waals surface area contributed by atoms with E-state index in [1.807, 2.05) is 30.3 Å². The maximum atomic E-state index is 14.1. The van der Waals surface area contributed by atoms with E-state index in [1.165, 1.54) is 9.19 Å². The van der Waals surface area contributed by atoms with Crippen LogP contribution >= 0.6 is 0 Å². The van der Waals surface area contributed by atoms with Crippen molar-refractivity contribution in [2.75, 3.05) is 11.2 Å². The summed E-state index contributed by atoms with van der Waals surface area (Å²) in [7, 11) is 0. The summed E-state index contributed by atoms with van der Waals surface area (Å²) in [5.74, 6) is 6.00. The predicted molar refractivity (Wildman–Crippen MR) is 155 cm³/mol. The van der Waals surface area contributed by atoms with Gasteiger partial charge in [0.15, 0.2) is 17.3 Å². The van der Waals surface area contributed by atoms with Crippen molar-refractivity contribution in [1.29, 1.82) is 0 Å². The Bertz CT molecular complexity index is 2020. The van der Waals surface area contributed by atoms with Crippen LogP contribution in [0.1, 0.15) is 40.3 Å². The molecule has 41 heavy (non-hydrogen) atoms. The number of fused-ring (bicyclic) bond motifs is 2. The molecule has 1 atom stereocenters. The zero-order valence-corrected chi connectivity index (χ0v) is 21.8. The molecule has 2 aromatic carbocycles. The van der Waals surface area contributed by atoms with Crippen LogP contribution in [-0.4, -0.2) is 35.1 Å². The number of pyridine rings is 1. The Hall–Kier alpha value is -6.02. The third-order valence-corrected chi connectivity index (χ3v) is 6.34. The molecule has 0 fully saturated rings. The molecule has 1 unspecified atom stereocenters. The van der Waals surface area contributed by atoms with Gasteiger partial charge in [-0.25, -0.2) is 19.2 Å². The summed E-state index contributed by atoms with van der Waals surface area (Å²) in [5, 5.41) is 7.41. The number of nitrogens with zero attached hydrogens (tertiary/aromatic N) is 6. The van der Waals surface area contributed by atoms with Crippen molar-refractivity contribution in [3.05, 3.63) is 124 Å². The average Bonchev–Trinajstić information content (AvgIpc) is 3.34. The van der Waals surface area contributed by atoms with E-state index in [-0.39, 0.29) is 22.8 Å². The van der Waals surface area contributed by atoms with Crippen molar-refractivity contribution < 1.29 is 4.79 Å². The molecule has 0 aliphatic rings. The second-order valence-electron chi connectivity index (χ2n) is 9.12. The van der Waals surface area contributed by atoms with Crippen LogP contribution in [0, 0.1) is 11.8 Å². The van der Waals surface area contributed by atoms with E-state index in [1.54, 1.807) is 68.1 Å². The standard InChI is InChI=1S/C30H23N9O2/c1-19(34-29(40)25-26(31)37-38-18-6-15-33-28(25)38)27-35-23-10-5-7-21(12-11-20-13-16-32-17-14-20)24(23)30(41)39(27)36-22-8-3-2-4-9-22/h2-10,13-19,36H,1H3,(H2,31,37)(H,34,40). The van der Waals surface area contributed by atoms with E-state index in [0.717, 1.165) is 5.56 Å². The van der Waals surface area contributed by atoms with Gasteiger partial charge in [-0.3, -0.25) is 20.0 Å². The summed E-state index contributed by atoms with van der Waals surface area (Å²) in [6.45, 7) is 1.73. The Morgan fingerprint density at radius 1 is 0.976 bits per heavy atom. The highest BCUT2D eigenvalue weighted by Crippen LogP contribution is 2.20. The fourth-order valence-corrected chi connectivity index (χ4v) is 4.42. The largest absolute Gasteiger partial charge is 0.381 e. The molecule has 0 spiro atoms. The lowest BCUT2D eigenvalue weighted by atomic mass is 10.1. The Balaban J connectivity index is 1.45. The zero-order chi connectivity index (χ0) is 28.3. The molecule has 0 radical (unpaired) electrons. The Morgan fingerprint density at radius 3 is 2.59 bits per heavy atom. The summed E-state index contributed by atoms with van der Waals surface area (Å²) in [6, 6.07) is 19.1. The molecule has 0 bridgehead atoms. The predicted octanol–water partition coefficient (Wildman–Crippen LogP) is 3.18. The second kappa shape index (κ2) is 10.6. The van der Waals surface area contributed by atoms with E-state index in [4.69, 9.17) is 10.7 Å². The van der Waals surface area contributed by atoms with Crippen molar-refractivity contribution in [3.8, 4) is 11.8 Å². The van der Waals surface area contributed by atoms with E-state index in [9.17, 15) is 9.59 Å². The van der Waals surface area contributed by atoms with E-state index in [2.05, 4.69) is 37.7 Å². The van der Waals surface area contributed by atoms with Gasteiger partial charge in [0.25, 0.3) is 11.5 Å². The summed E-state index contributed by atoms with van der Waals surface area (Å²) < 4.78 is 2.77. The first-order valence-corrected chi connectivity index (χ1v) is 12.7. The number of aromatic nitrogens is 6. The molecular formula is C30H23N9O2. The molecule has 200 valence electrons. The molecule has 0 aliphatic heterocycles. The third-order valence-electron chi connectivity index (χ3n) is 6.34. The van der Waals surface area contributed by atoms with Crippen molar-refractivity contribution >= 4 is 34.0 Å². The highest BCUT2D eigenvalue weighted by Gasteiger charge is 2.24. The average molecular weight is 542 g/mol. The van der Waals surface area contributed by atoms with Crippen LogP contribution in [0.4, 0.5) is 11.5 Å². The molecule has 4 N–H and O–H groups in total. The smallest absolute Gasteiger partial charge is 0.281 e. The van der Waals surface area contributed by atoms with Gasteiger partial charge >= 0.3 is 0 Å². The number of hydrogen-bond donors (Lipinski definition) is 3. The highest BCUT2D eigenvalue weighted by atomic mass is 16.2. The van der Waals surface area contributed by atoms with Gasteiger partial charge in [0.2, 0.25) is 0 Å². The van der Waals surface area contributed by atoms with Crippen LogP contribution in [0.15, 0.2) is 96.3 Å². The molecule has 4 heterocycles. The van der Waals surface area contributed by atoms with Crippen LogP contribution in [0.25, 0.3) is 16.6 Å². The fraction of sp³-hybridized carbons (Fsp3) is 0.0667. The number of nitrogen functional groups attached to an aromatic ring is 1. The lowest BCUT2D eigenvalue weighted by Gasteiger charge is -2.20. The number of anilines is 2. The maximum absolute atomic E-state index is 14.1. The molecule has 11 heteroatoms. The molecule has 4 aromatic heterocycles. The zero-order valence-electron chi connectivity index (χ0n) is 21.8. The minimum Gasteiger partial charge on any atom is -0.381 e. The van der Waals surface area contributed by atoms with Gasteiger partial charge < -0.3 is 11.1 Å². The molecular weight excluding hydrogens is 518 g/mol. The SMILES string of the molecule is CC(NC(=O)c1c(N)nn2cccnc12)c1nc2cccc(C#Cc3ccncc3)c2c(=O)n1Nc1ccccc1. The number of amides is 1. The number of carbonyl (C=O) groups excluding carboxylic acids is 1. The minimum absolute atomic E-state index is 0.0390. The number of rotatable bonds is 5. The van der Waals surface area contributed by atoms with Crippen LogP contribution in [0.5, 0.6) is 0 Å².